The number of ketones is 3. The molecule has 1 aliphatic carbocycles. The number of rotatable bonds is 7. The molecule has 2 fully saturated rings. The van der Waals surface area contributed by atoms with Crippen molar-refractivity contribution in [2.75, 3.05) is 13.1 Å². The quantitative estimate of drug-likeness (QED) is 0.105. The Kier molecular flexibility index (Phi) is 26.2. The molecule has 1 atom stereocenters. The predicted molar refractivity (Wildman–Crippen MR) is 221 cm³/mol. The van der Waals surface area contributed by atoms with E-state index in [2.05, 4.69) is 24.3 Å². The molecule has 6 rings (SSSR count). The standard InChI is InChI=1S/C26H26O2.C24H23NO2.4Y/c1-4-25(27)22-13-14-23(15-20-9-5-18(2)6-10-20)26(28)24(17-22)16-21-11-7-19(3)8-12-21;1-4-23(26)25-15-21(13-19-9-5-17(2)6-10-19)24(27)22(16-25)14-20-11-7-18(3)8-12-20;;;;/h5,7,9-12,15-16,22H,4,13-14,17H2,1-3H3;5,7,9-14H,4,15-16H2,1-3H3;;;;/q2*-2;;;;/b23-15+,24-16+;21-13+,22-14+;;;;. The van der Waals surface area contributed by atoms with Crippen molar-refractivity contribution < 1.29 is 150 Å². The number of piperidine rings is 1. The molecule has 4 radical (unpaired) electrons. The molecule has 4 aromatic rings. The summed E-state index contributed by atoms with van der Waals surface area (Å²) >= 11 is 0. The fourth-order valence-corrected chi connectivity index (χ4v) is 6.60. The number of benzene rings is 4. The molecule has 1 saturated heterocycles. The van der Waals surface area contributed by atoms with Gasteiger partial charge in [-0.1, -0.05) is 41.5 Å². The number of Topliss-reactive ketones (excluding diaryl/α,β-unsaturated/α-hetero) is 3. The van der Waals surface area contributed by atoms with Crippen LogP contribution < -0.4 is 0 Å². The monoisotopic (exact) mass is 1080 g/mol. The molecule has 0 N–H and O–H groups in total. The Hall–Kier alpha value is -1.26. The number of nitrogens with zero attached hydrogens (tertiary/aromatic N) is 1. The summed E-state index contributed by atoms with van der Waals surface area (Å²) < 4.78 is 0. The first-order valence-electron chi connectivity index (χ1n) is 19.1. The van der Waals surface area contributed by atoms with Gasteiger partial charge in [0.25, 0.3) is 0 Å². The van der Waals surface area contributed by atoms with Gasteiger partial charge in [-0.25, -0.2) is 0 Å². The van der Waals surface area contributed by atoms with Gasteiger partial charge in [-0.2, -0.15) is 119 Å². The van der Waals surface area contributed by atoms with Crippen LogP contribution >= 0.6 is 0 Å². The van der Waals surface area contributed by atoms with E-state index in [0.717, 1.165) is 56.5 Å². The summed E-state index contributed by atoms with van der Waals surface area (Å²) in [5.41, 5.74) is 10.7. The van der Waals surface area contributed by atoms with Gasteiger partial charge in [0.2, 0.25) is 5.91 Å². The van der Waals surface area contributed by atoms with Crippen molar-refractivity contribution in [3.8, 4) is 0 Å². The van der Waals surface area contributed by atoms with Crippen molar-refractivity contribution in [3.63, 3.8) is 0 Å². The molecule has 9 heteroatoms. The number of carbonyl (C=O) groups excluding carboxylic acids is 4. The summed E-state index contributed by atoms with van der Waals surface area (Å²) in [5, 5.41) is 0. The maximum atomic E-state index is 13.3. The zero-order valence-corrected chi connectivity index (χ0v) is 46.5. The fraction of sp³-hybridized carbons (Fsp3) is 0.280. The molecular formula is C50H49NO4Y4-4. The summed E-state index contributed by atoms with van der Waals surface area (Å²) in [4.78, 5) is 52.8. The van der Waals surface area contributed by atoms with Crippen LogP contribution in [0.5, 0.6) is 0 Å². The van der Waals surface area contributed by atoms with Crippen LogP contribution in [0.2, 0.25) is 0 Å². The van der Waals surface area contributed by atoms with E-state index < -0.39 is 0 Å². The Morgan fingerprint density at radius 3 is 1.25 bits per heavy atom. The van der Waals surface area contributed by atoms with Crippen molar-refractivity contribution in [3.05, 3.63) is 164 Å². The van der Waals surface area contributed by atoms with Gasteiger partial charge >= 0.3 is 0 Å². The molecule has 2 aliphatic rings. The van der Waals surface area contributed by atoms with Crippen molar-refractivity contribution in [2.45, 2.75) is 73.6 Å². The summed E-state index contributed by atoms with van der Waals surface area (Å²) in [6.07, 6.45) is 10.4. The number of allylic oxidation sites excluding steroid dienone is 2. The maximum Gasteiger partial charge on any atom is 0.222 e. The summed E-state index contributed by atoms with van der Waals surface area (Å²) in [5.74, 6) is 0.235. The minimum absolute atomic E-state index is 0. The molecule has 59 heavy (non-hydrogen) atoms. The third-order valence-electron chi connectivity index (χ3n) is 9.91. The van der Waals surface area contributed by atoms with E-state index in [1.165, 1.54) is 0 Å². The normalized spacial score (nSPS) is 17.7. The van der Waals surface area contributed by atoms with E-state index in [1.54, 1.807) is 4.90 Å². The van der Waals surface area contributed by atoms with Crippen LogP contribution in [0.4, 0.5) is 0 Å². The van der Waals surface area contributed by atoms with Crippen molar-refractivity contribution in [2.24, 2.45) is 5.92 Å². The van der Waals surface area contributed by atoms with Crippen molar-refractivity contribution in [1.82, 2.24) is 4.90 Å². The number of hydrogen-bond donors (Lipinski definition) is 0. The Labute approximate surface area is 452 Å². The Balaban J connectivity index is 0.000000553. The maximum absolute atomic E-state index is 13.3. The Morgan fingerprint density at radius 2 is 0.915 bits per heavy atom. The molecule has 1 amide bonds. The average molecular weight is 1080 g/mol. The average Bonchev–Trinajstić information content (AvgIpc) is 3.34. The van der Waals surface area contributed by atoms with Crippen LogP contribution in [0.15, 0.2) is 95.1 Å². The van der Waals surface area contributed by atoms with Gasteiger partial charge in [0.15, 0.2) is 11.6 Å². The van der Waals surface area contributed by atoms with Crippen molar-refractivity contribution >= 4 is 47.6 Å². The van der Waals surface area contributed by atoms with Crippen LogP contribution in [0.1, 0.15) is 90.5 Å². The van der Waals surface area contributed by atoms with Crippen LogP contribution in [0.25, 0.3) is 24.3 Å². The first-order chi connectivity index (χ1) is 26.4. The van der Waals surface area contributed by atoms with Crippen LogP contribution in [0.3, 0.4) is 0 Å². The largest absolute Gasteiger partial charge is 0.334 e. The minimum atomic E-state index is -0.0925. The zero-order valence-electron chi connectivity index (χ0n) is 35.2. The molecule has 1 heterocycles. The summed E-state index contributed by atoms with van der Waals surface area (Å²) in [6, 6.07) is 36.0. The van der Waals surface area contributed by atoms with Gasteiger partial charge in [0, 0.05) is 174 Å². The van der Waals surface area contributed by atoms with E-state index in [-0.39, 0.29) is 160 Å². The molecule has 294 valence electrons. The molecule has 1 saturated carbocycles. The summed E-state index contributed by atoms with van der Waals surface area (Å²) in [6.45, 7) is 12.4. The van der Waals surface area contributed by atoms with E-state index in [4.69, 9.17) is 0 Å². The number of aryl methyl sites for hydroxylation is 4. The van der Waals surface area contributed by atoms with Gasteiger partial charge < -0.3 is 4.90 Å². The van der Waals surface area contributed by atoms with Crippen molar-refractivity contribution in [1.29, 1.82) is 0 Å². The smallest absolute Gasteiger partial charge is 0.222 e. The van der Waals surface area contributed by atoms with E-state index in [9.17, 15) is 19.2 Å². The molecule has 4 aromatic carbocycles. The molecule has 0 spiro atoms. The topological polar surface area (TPSA) is 71.5 Å². The van der Waals surface area contributed by atoms with Gasteiger partial charge in [-0.15, -0.1) is 46.6 Å². The van der Waals surface area contributed by atoms with E-state index >= 15 is 0 Å². The number of likely N-dealkylation sites (tertiary alicyclic amines) is 1. The molecular weight excluding hydrogens is 1030 g/mol. The minimum Gasteiger partial charge on any atom is -0.334 e. The van der Waals surface area contributed by atoms with E-state index in [1.807, 2.05) is 139 Å². The molecule has 1 unspecified atom stereocenters. The first kappa shape index (κ1) is 55.8. The first-order valence-corrected chi connectivity index (χ1v) is 19.1. The second kappa shape index (κ2) is 27.7. The SMILES string of the molecule is CCC(=O)C1CC/C(=C\c2c[c-]c(C)cc2)C(=O)/C(=C/c2c[c-]c(C)cc2)C1.CCC(=O)N1C/C(=C\c2c[c-]c(C)cc2)C(=O)/C(=C/c2c[c-]c(C)cc2)C1.[Y].[Y].[Y].[Y]. The second-order valence-electron chi connectivity index (χ2n) is 14.4. The van der Waals surface area contributed by atoms with E-state index in [0.29, 0.717) is 55.5 Å². The summed E-state index contributed by atoms with van der Waals surface area (Å²) in [7, 11) is 0. The molecule has 0 bridgehead atoms. The third kappa shape index (κ3) is 17.1. The van der Waals surface area contributed by atoms with Gasteiger partial charge in [0.1, 0.15) is 5.78 Å². The van der Waals surface area contributed by atoms with Gasteiger partial charge in [0.05, 0.1) is 0 Å². The number of hydrogen-bond acceptors (Lipinski definition) is 4. The molecule has 0 aromatic heterocycles. The molecule has 5 nitrogen and oxygen atoms in total. The van der Waals surface area contributed by atoms with Gasteiger partial charge in [-0.3, -0.25) is 19.2 Å². The number of carbonyl (C=O) groups is 4. The number of amides is 1. The zero-order chi connectivity index (χ0) is 39.5. The molecule has 1 aliphatic heterocycles. The Morgan fingerprint density at radius 1 is 0.559 bits per heavy atom. The Bertz CT molecular complexity index is 2080. The fourth-order valence-electron chi connectivity index (χ4n) is 6.60. The van der Waals surface area contributed by atoms with Crippen LogP contribution in [0, 0.1) is 57.9 Å². The second-order valence-corrected chi connectivity index (χ2v) is 14.4. The third-order valence-corrected chi connectivity index (χ3v) is 9.91. The van der Waals surface area contributed by atoms with Crippen LogP contribution in [-0.4, -0.2) is 41.2 Å². The van der Waals surface area contributed by atoms with Crippen LogP contribution in [-0.2, 0) is 150 Å². The predicted octanol–water partition coefficient (Wildman–Crippen LogP) is 9.90. The van der Waals surface area contributed by atoms with Gasteiger partial charge in [-0.05, 0) is 30.4 Å².